The second kappa shape index (κ2) is 5.98. The summed E-state index contributed by atoms with van der Waals surface area (Å²) in [5, 5.41) is 2.81. The van der Waals surface area contributed by atoms with Gasteiger partial charge in [0.2, 0.25) is 5.91 Å². The van der Waals surface area contributed by atoms with Crippen molar-refractivity contribution < 1.29 is 14.4 Å². The molecule has 0 aliphatic carbocycles. The number of hydrogen-bond acceptors (Lipinski definition) is 3. The molecule has 2 aliphatic rings. The summed E-state index contributed by atoms with van der Waals surface area (Å²) in [7, 11) is 0. The number of para-hydroxylation sites is 1. The Balaban J connectivity index is 1.83. The molecule has 0 saturated heterocycles. The Morgan fingerprint density at radius 2 is 1.65 bits per heavy atom. The first-order valence-electron chi connectivity index (χ1n) is 8.61. The van der Waals surface area contributed by atoms with Gasteiger partial charge < -0.3 is 10.2 Å². The molecule has 6 heteroatoms. The van der Waals surface area contributed by atoms with Crippen LogP contribution in [0.1, 0.15) is 46.3 Å². The first-order valence-corrected chi connectivity index (χ1v) is 8.61. The summed E-state index contributed by atoms with van der Waals surface area (Å²) in [6, 6.07) is 14.3. The number of nitrogens with zero attached hydrogens (tertiary/aromatic N) is 2. The van der Waals surface area contributed by atoms with Gasteiger partial charge in [0.1, 0.15) is 12.7 Å². The molecule has 1 N–H and O–H groups in total. The number of carbonyl (C=O) groups excluding carboxylic acids is 3. The van der Waals surface area contributed by atoms with E-state index in [0.717, 1.165) is 5.56 Å². The fourth-order valence-corrected chi connectivity index (χ4v) is 3.66. The van der Waals surface area contributed by atoms with Crippen LogP contribution in [0.4, 0.5) is 5.69 Å². The minimum Gasteiger partial charge on any atom is -0.352 e. The van der Waals surface area contributed by atoms with E-state index in [0.29, 0.717) is 16.8 Å². The fourth-order valence-electron chi connectivity index (χ4n) is 3.66. The Morgan fingerprint density at radius 1 is 1.00 bits per heavy atom. The third-order valence-electron chi connectivity index (χ3n) is 4.65. The zero-order valence-electron chi connectivity index (χ0n) is 14.6. The second-order valence-corrected chi connectivity index (χ2v) is 6.81. The van der Waals surface area contributed by atoms with E-state index in [1.807, 2.05) is 26.0 Å². The highest BCUT2D eigenvalue weighted by Gasteiger charge is 2.47. The minimum atomic E-state index is -0.598. The molecule has 1 atom stereocenters. The van der Waals surface area contributed by atoms with Crippen LogP contribution in [0.2, 0.25) is 0 Å². The van der Waals surface area contributed by atoms with Crippen molar-refractivity contribution in [3.8, 4) is 0 Å². The van der Waals surface area contributed by atoms with Gasteiger partial charge in [0, 0.05) is 17.2 Å². The van der Waals surface area contributed by atoms with Crippen LogP contribution in [0.5, 0.6) is 0 Å². The first kappa shape index (κ1) is 16.3. The molecule has 2 aromatic rings. The van der Waals surface area contributed by atoms with Crippen molar-refractivity contribution in [2.75, 3.05) is 11.4 Å². The van der Waals surface area contributed by atoms with Crippen molar-refractivity contribution in [2.45, 2.75) is 26.1 Å². The van der Waals surface area contributed by atoms with Crippen molar-refractivity contribution in [3.05, 3.63) is 65.2 Å². The average molecular weight is 349 g/mol. The van der Waals surface area contributed by atoms with E-state index in [-0.39, 0.29) is 30.3 Å². The largest absolute Gasteiger partial charge is 0.352 e. The van der Waals surface area contributed by atoms with Gasteiger partial charge >= 0.3 is 0 Å². The smallest absolute Gasteiger partial charge is 0.260 e. The topological polar surface area (TPSA) is 69.7 Å². The molecule has 0 radical (unpaired) electrons. The average Bonchev–Trinajstić information content (AvgIpc) is 2.91. The van der Waals surface area contributed by atoms with Crippen molar-refractivity contribution in [3.63, 3.8) is 0 Å². The molecule has 4 rings (SSSR count). The molecule has 0 bridgehead atoms. The van der Waals surface area contributed by atoms with Crippen molar-refractivity contribution in [1.29, 1.82) is 0 Å². The number of benzene rings is 2. The highest BCUT2D eigenvalue weighted by atomic mass is 16.2. The monoisotopic (exact) mass is 349 g/mol. The summed E-state index contributed by atoms with van der Waals surface area (Å²) in [5.41, 5.74) is 2.33. The van der Waals surface area contributed by atoms with Gasteiger partial charge in [-0.3, -0.25) is 19.3 Å². The fraction of sp³-hybridized carbons (Fsp3) is 0.250. The summed E-state index contributed by atoms with van der Waals surface area (Å²) < 4.78 is 0. The first-order chi connectivity index (χ1) is 12.5. The Labute approximate surface area is 151 Å². The maximum absolute atomic E-state index is 13.1. The normalized spacial score (nSPS) is 17.9. The molecule has 6 nitrogen and oxygen atoms in total. The lowest BCUT2D eigenvalue weighted by Crippen LogP contribution is -2.52. The number of amides is 3. The zero-order valence-corrected chi connectivity index (χ0v) is 14.6. The molecule has 26 heavy (non-hydrogen) atoms. The van der Waals surface area contributed by atoms with E-state index in [1.54, 1.807) is 41.3 Å². The number of rotatable bonds is 3. The van der Waals surface area contributed by atoms with E-state index >= 15 is 0 Å². The predicted molar refractivity (Wildman–Crippen MR) is 96.7 cm³/mol. The van der Waals surface area contributed by atoms with Crippen LogP contribution >= 0.6 is 0 Å². The highest BCUT2D eigenvalue weighted by Crippen LogP contribution is 2.44. The maximum Gasteiger partial charge on any atom is 0.260 e. The van der Waals surface area contributed by atoms with Crippen LogP contribution in [0.25, 0.3) is 0 Å². The van der Waals surface area contributed by atoms with E-state index in [9.17, 15) is 14.4 Å². The number of fused-ring (bicyclic) bond motifs is 5. The summed E-state index contributed by atoms with van der Waals surface area (Å²) >= 11 is 0. The van der Waals surface area contributed by atoms with Crippen molar-refractivity contribution in [2.24, 2.45) is 0 Å². The van der Waals surface area contributed by atoms with Gasteiger partial charge in [0.05, 0.1) is 11.3 Å². The Hall–Kier alpha value is -3.15. The van der Waals surface area contributed by atoms with Gasteiger partial charge in [0.25, 0.3) is 11.8 Å². The Kier molecular flexibility index (Phi) is 3.76. The molecule has 0 aromatic heterocycles. The second-order valence-electron chi connectivity index (χ2n) is 6.81. The number of hydrogen-bond donors (Lipinski definition) is 1. The summed E-state index contributed by atoms with van der Waals surface area (Å²) in [4.78, 5) is 41.5. The van der Waals surface area contributed by atoms with Gasteiger partial charge in [-0.05, 0) is 32.0 Å². The quantitative estimate of drug-likeness (QED) is 0.925. The van der Waals surface area contributed by atoms with E-state index in [4.69, 9.17) is 0 Å². The Bertz CT molecular complexity index is 922. The van der Waals surface area contributed by atoms with Gasteiger partial charge in [0.15, 0.2) is 0 Å². The SMILES string of the molecule is CC(C)NC(=O)CN1C(=O)c2ccccc2N2C(=O)c3ccccc3[C@@H]12. The third-order valence-corrected chi connectivity index (χ3v) is 4.65. The molecule has 2 aromatic carbocycles. The van der Waals surface area contributed by atoms with Gasteiger partial charge in [-0.25, -0.2) is 0 Å². The number of nitrogens with one attached hydrogen (secondary N) is 1. The Morgan fingerprint density at radius 3 is 2.38 bits per heavy atom. The molecular formula is C20H19N3O3. The third kappa shape index (κ3) is 2.37. The lowest BCUT2D eigenvalue weighted by molar-refractivity contribution is -0.122. The maximum atomic E-state index is 13.1. The number of anilines is 1. The molecule has 3 amide bonds. The zero-order chi connectivity index (χ0) is 18.4. The van der Waals surface area contributed by atoms with Crippen LogP contribution in [0, 0.1) is 0 Å². The van der Waals surface area contributed by atoms with Crippen molar-refractivity contribution >= 4 is 23.4 Å². The van der Waals surface area contributed by atoms with E-state index in [2.05, 4.69) is 5.32 Å². The van der Waals surface area contributed by atoms with Crippen LogP contribution in [0.3, 0.4) is 0 Å². The summed E-state index contributed by atoms with van der Waals surface area (Å²) in [5.74, 6) is -0.644. The van der Waals surface area contributed by atoms with E-state index in [1.165, 1.54) is 4.90 Å². The molecule has 2 aliphatic heterocycles. The summed E-state index contributed by atoms with van der Waals surface area (Å²) in [6.45, 7) is 3.63. The predicted octanol–water partition coefficient (Wildman–Crippen LogP) is 2.33. The lowest BCUT2D eigenvalue weighted by Gasteiger charge is -2.40. The minimum absolute atomic E-state index is 0.0247. The van der Waals surface area contributed by atoms with Gasteiger partial charge in [-0.2, -0.15) is 0 Å². The molecule has 132 valence electrons. The lowest BCUT2D eigenvalue weighted by atomic mass is 10.0. The van der Waals surface area contributed by atoms with Gasteiger partial charge in [-0.1, -0.05) is 30.3 Å². The van der Waals surface area contributed by atoms with Crippen LogP contribution in [-0.2, 0) is 4.79 Å². The van der Waals surface area contributed by atoms with Crippen LogP contribution in [-0.4, -0.2) is 35.2 Å². The molecule has 0 unspecified atom stereocenters. The standard InChI is InChI=1S/C20H19N3O3/c1-12(2)21-17(24)11-22-18-13-7-3-4-8-14(13)20(26)23(18)16-10-6-5-9-15(16)19(22)25/h3-10,12,18H,11H2,1-2H3,(H,21,24)/t18-/m0/s1. The molecule has 2 heterocycles. The highest BCUT2D eigenvalue weighted by molar-refractivity contribution is 6.17. The molecule has 0 fully saturated rings. The summed E-state index contributed by atoms with van der Waals surface area (Å²) in [6.07, 6.45) is -0.598. The van der Waals surface area contributed by atoms with Crippen LogP contribution in [0.15, 0.2) is 48.5 Å². The van der Waals surface area contributed by atoms with Gasteiger partial charge in [-0.15, -0.1) is 0 Å². The molecular weight excluding hydrogens is 330 g/mol. The van der Waals surface area contributed by atoms with Crippen molar-refractivity contribution in [1.82, 2.24) is 10.2 Å². The molecule has 0 saturated carbocycles. The van der Waals surface area contributed by atoms with Crippen LogP contribution < -0.4 is 10.2 Å². The van der Waals surface area contributed by atoms with E-state index < -0.39 is 6.17 Å². The number of carbonyl (C=O) groups is 3. The molecule has 0 spiro atoms.